The maximum atomic E-state index is 12.4. The molecule has 0 aliphatic carbocycles. The molecule has 6 heteroatoms. The average molecular weight is 366 g/mol. The van der Waals surface area contributed by atoms with Gasteiger partial charge in [0.2, 0.25) is 0 Å². The van der Waals surface area contributed by atoms with Crippen LogP contribution in [0, 0.1) is 5.92 Å². The summed E-state index contributed by atoms with van der Waals surface area (Å²) in [4.78, 5) is 18.2. The summed E-state index contributed by atoms with van der Waals surface area (Å²) in [6, 6.07) is 14.4. The summed E-state index contributed by atoms with van der Waals surface area (Å²) in [6.07, 6.45) is 0. The number of ether oxygens (including phenoxy) is 1. The third kappa shape index (κ3) is 3.22. The number of nitrogens with zero attached hydrogens (tertiary/aromatic N) is 1. The standard InChI is InChI=1S/C18H17Cl2NO3/c1-2-23-18(22)13-11-24-21(12-7-4-3-5-8-12)17(13)16-14(19)9-6-10-15(16)20/h3-10,13,17H,2,11H2,1H3/t13-,17+/m1/s1. The second-order valence-electron chi connectivity index (χ2n) is 5.40. The van der Waals surface area contributed by atoms with Crippen molar-refractivity contribution in [2.45, 2.75) is 13.0 Å². The summed E-state index contributed by atoms with van der Waals surface area (Å²) in [5.74, 6) is -0.834. The van der Waals surface area contributed by atoms with Crippen LogP contribution in [0.5, 0.6) is 0 Å². The van der Waals surface area contributed by atoms with Gasteiger partial charge in [-0.3, -0.25) is 9.63 Å². The normalized spacial score (nSPS) is 20.2. The Hall–Kier alpha value is -1.75. The first-order chi connectivity index (χ1) is 11.6. The fraction of sp³-hybridized carbons (Fsp3) is 0.278. The Morgan fingerprint density at radius 2 is 1.83 bits per heavy atom. The minimum absolute atomic E-state index is 0.208. The molecular weight excluding hydrogens is 349 g/mol. The predicted molar refractivity (Wildman–Crippen MR) is 94.2 cm³/mol. The maximum absolute atomic E-state index is 12.4. The van der Waals surface area contributed by atoms with Gasteiger partial charge in [-0.05, 0) is 31.2 Å². The third-order valence-electron chi connectivity index (χ3n) is 3.92. The van der Waals surface area contributed by atoms with Crippen molar-refractivity contribution in [3.63, 3.8) is 0 Å². The fourth-order valence-corrected chi connectivity index (χ4v) is 3.48. The molecular formula is C18H17Cl2NO3. The highest BCUT2D eigenvalue weighted by Crippen LogP contribution is 2.44. The molecule has 0 aromatic heterocycles. The van der Waals surface area contributed by atoms with Crippen LogP contribution >= 0.6 is 23.2 Å². The van der Waals surface area contributed by atoms with Crippen LogP contribution in [0.2, 0.25) is 10.0 Å². The number of carbonyl (C=O) groups is 1. The first-order valence-corrected chi connectivity index (χ1v) is 8.46. The lowest BCUT2D eigenvalue weighted by Crippen LogP contribution is -2.29. The van der Waals surface area contributed by atoms with Gasteiger partial charge in [0.05, 0.1) is 18.9 Å². The zero-order valence-corrected chi connectivity index (χ0v) is 14.6. The first-order valence-electron chi connectivity index (χ1n) is 7.71. The first kappa shape index (κ1) is 17.1. The highest BCUT2D eigenvalue weighted by molar-refractivity contribution is 6.36. The Labute approximate surface area is 150 Å². The van der Waals surface area contributed by atoms with Crippen LogP contribution in [0.15, 0.2) is 48.5 Å². The summed E-state index contributed by atoms with van der Waals surface area (Å²) in [6.45, 7) is 2.30. The molecule has 1 aliphatic rings. The van der Waals surface area contributed by atoms with E-state index in [0.717, 1.165) is 5.69 Å². The molecule has 3 rings (SSSR count). The van der Waals surface area contributed by atoms with Gasteiger partial charge in [-0.2, -0.15) is 0 Å². The molecule has 2 aromatic carbocycles. The van der Waals surface area contributed by atoms with Crippen molar-refractivity contribution in [1.29, 1.82) is 0 Å². The molecule has 4 nitrogen and oxygen atoms in total. The van der Waals surface area contributed by atoms with Crippen molar-refractivity contribution < 1.29 is 14.4 Å². The Kier molecular flexibility index (Phi) is 5.29. The summed E-state index contributed by atoms with van der Waals surface area (Å²) in [5.41, 5.74) is 1.49. The van der Waals surface area contributed by atoms with Crippen LogP contribution in [0.25, 0.3) is 0 Å². The van der Waals surface area contributed by atoms with E-state index >= 15 is 0 Å². The highest BCUT2D eigenvalue weighted by Gasteiger charge is 2.44. The minimum Gasteiger partial charge on any atom is -0.466 e. The van der Waals surface area contributed by atoms with Crippen molar-refractivity contribution in [3.8, 4) is 0 Å². The van der Waals surface area contributed by atoms with E-state index in [2.05, 4.69) is 0 Å². The van der Waals surface area contributed by atoms with Gasteiger partial charge in [-0.1, -0.05) is 47.5 Å². The number of halogens is 2. The number of esters is 1. The Morgan fingerprint density at radius 1 is 1.17 bits per heavy atom. The second-order valence-corrected chi connectivity index (χ2v) is 6.21. The predicted octanol–water partition coefficient (Wildman–Crippen LogP) is 4.67. The van der Waals surface area contributed by atoms with Crippen LogP contribution in [0.3, 0.4) is 0 Å². The van der Waals surface area contributed by atoms with E-state index in [1.807, 2.05) is 30.3 Å². The molecule has 0 unspecified atom stereocenters. The van der Waals surface area contributed by atoms with Gasteiger partial charge in [0.1, 0.15) is 12.0 Å². The van der Waals surface area contributed by atoms with Crippen molar-refractivity contribution in [2.75, 3.05) is 18.3 Å². The zero-order chi connectivity index (χ0) is 17.1. The van der Waals surface area contributed by atoms with Crippen molar-refractivity contribution in [2.24, 2.45) is 5.92 Å². The zero-order valence-electron chi connectivity index (χ0n) is 13.1. The molecule has 0 N–H and O–H groups in total. The van der Waals surface area contributed by atoms with E-state index in [4.69, 9.17) is 32.8 Å². The largest absolute Gasteiger partial charge is 0.466 e. The number of para-hydroxylation sites is 1. The molecule has 0 saturated carbocycles. The molecule has 126 valence electrons. The topological polar surface area (TPSA) is 38.8 Å². The second kappa shape index (κ2) is 7.43. The molecule has 1 heterocycles. The SMILES string of the molecule is CCOC(=O)[C@@H]1CON(c2ccccc2)[C@@H]1c1c(Cl)cccc1Cl. The van der Waals surface area contributed by atoms with Gasteiger partial charge in [0.15, 0.2) is 0 Å². The molecule has 0 amide bonds. The van der Waals surface area contributed by atoms with Gasteiger partial charge in [-0.25, -0.2) is 5.06 Å². The summed E-state index contributed by atoms with van der Waals surface area (Å²) < 4.78 is 5.21. The number of hydrogen-bond donors (Lipinski definition) is 0. The Balaban J connectivity index is 2.06. The number of hydrogen-bond acceptors (Lipinski definition) is 4. The van der Waals surface area contributed by atoms with E-state index in [0.29, 0.717) is 22.2 Å². The maximum Gasteiger partial charge on any atom is 0.313 e. The van der Waals surface area contributed by atoms with E-state index in [1.165, 1.54) is 0 Å². The van der Waals surface area contributed by atoms with Gasteiger partial charge in [-0.15, -0.1) is 0 Å². The lowest BCUT2D eigenvalue weighted by Gasteiger charge is -2.28. The number of rotatable bonds is 4. The van der Waals surface area contributed by atoms with E-state index in [9.17, 15) is 4.79 Å². The van der Waals surface area contributed by atoms with Crippen LogP contribution in [-0.2, 0) is 14.4 Å². The lowest BCUT2D eigenvalue weighted by molar-refractivity contribution is -0.148. The van der Waals surface area contributed by atoms with Gasteiger partial charge >= 0.3 is 5.97 Å². The third-order valence-corrected chi connectivity index (χ3v) is 4.58. The summed E-state index contributed by atoms with van der Waals surface area (Å²) in [7, 11) is 0. The molecule has 1 saturated heterocycles. The quantitative estimate of drug-likeness (QED) is 0.738. The van der Waals surface area contributed by atoms with E-state index < -0.39 is 12.0 Å². The minimum atomic E-state index is -0.512. The number of hydroxylamine groups is 1. The lowest BCUT2D eigenvalue weighted by atomic mass is 9.93. The molecule has 0 spiro atoms. The molecule has 2 aromatic rings. The smallest absolute Gasteiger partial charge is 0.313 e. The number of anilines is 1. The van der Waals surface area contributed by atoms with Crippen molar-refractivity contribution in [3.05, 3.63) is 64.1 Å². The Bertz CT molecular complexity index is 703. The molecule has 2 atom stereocenters. The van der Waals surface area contributed by atoms with Crippen LogP contribution in [0.4, 0.5) is 5.69 Å². The molecule has 24 heavy (non-hydrogen) atoms. The van der Waals surface area contributed by atoms with Crippen LogP contribution in [-0.4, -0.2) is 19.2 Å². The molecule has 1 fully saturated rings. The monoisotopic (exact) mass is 365 g/mol. The van der Waals surface area contributed by atoms with E-state index in [1.54, 1.807) is 30.2 Å². The van der Waals surface area contributed by atoms with E-state index in [-0.39, 0.29) is 12.6 Å². The average Bonchev–Trinajstić information content (AvgIpc) is 3.00. The van der Waals surface area contributed by atoms with Gasteiger partial charge in [0, 0.05) is 15.6 Å². The fourth-order valence-electron chi connectivity index (χ4n) is 2.86. The van der Waals surface area contributed by atoms with Crippen LogP contribution in [0.1, 0.15) is 18.5 Å². The number of benzene rings is 2. The Morgan fingerprint density at radius 3 is 2.46 bits per heavy atom. The molecule has 0 bridgehead atoms. The van der Waals surface area contributed by atoms with Gasteiger partial charge < -0.3 is 4.74 Å². The van der Waals surface area contributed by atoms with Crippen molar-refractivity contribution >= 4 is 34.9 Å². The molecule has 1 aliphatic heterocycles. The summed E-state index contributed by atoms with van der Waals surface area (Å²) >= 11 is 12.8. The highest BCUT2D eigenvalue weighted by atomic mass is 35.5. The summed E-state index contributed by atoms with van der Waals surface area (Å²) in [5, 5.41) is 2.68. The van der Waals surface area contributed by atoms with Gasteiger partial charge in [0.25, 0.3) is 0 Å². The molecule has 0 radical (unpaired) electrons. The number of carbonyl (C=O) groups excluding carboxylic acids is 1. The van der Waals surface area contributed by atoms with Crippen molar-refractivity contribution in [1.82, 2.24) is 0 Å². The van der Waals surface area contributed by atoms with Crippen LogP contribution < -0.4 is 5.06 Å².